The topological polar surface area (TPSA) is 74.5 Å². The number of alkyl halides is 1. The van der Waals surface area contributed by atoms with E-state index in [9.17, 15) is 4.79 Å². The van der Waals surface area contributed by atoms with Crippen LogP contribution in [0.15, 0.2) is 4.52 Å². The average Bonchev–Trinajstić information content (AvgIpc) is 3.32. The van der Waals surface area contributed by atoms with Crippen molar-refractivity contribution < 1.29 is 9.32 Å². The van der Waals surface area contributed by atoms with Crippen molar-refractivity contribution in [1.82, 2.24) is 20.4 Å². The molecule has 1 aliphatic carbocycles. The number of hydrogen-bond donors (Lipinski definition) is 1. The number of rotatable bonds is 4. The number of piperidine rings is 1. The number of amides is 1. The molecule has 0 spiro atoms. The van der Waals surface area contributed by atoms with E-state index in [-0.39, 0.29) is 23.2 Å². The number of piperazine rings is 1. The van der Waals surface area contributed by atoms with Crippen molar-refractivity contribution in [2.75, 3.05) is 31.1 Å². The number of aromatic nitrogens is 2. The highest BCUT2D eigenvalue weighted by Crippen LogP contribution is 2.37. The van der Waals surface area contributed by atoms with Gasteiger partial charge in [0, 0.05) is 44.1 Å². The molecular weight excluding hydrogens is 438 g/mol. The molecule has 1 aromatic rings. The third-order valence-corrected chi connectivity index (χ3v) is 8.10. The molecule has 2 saturated heterocycles. The van der Waals surface area contributed by atoms with Gasteiger partial charge in [-0.2, -0.15) is 4.98 Å². The maximum absolute atomic E-state index is 12.3. The molecule has 3 heterocycles. The van der Waals surface area contributed by atoms with Crippen LogP contribution in [0.1, 0.15) is 96.3 Å². The molecule has 1 saturated carbocycles. The van der Waals surface area contributed by atoms with Gasteiger partial charge in [0.2, 0.25) is 11.8 Å². The van der Waals surface area contributed by atoms with Gasteiger partial charge < -0.3 is 14.3 Å². The van der Waals surface area contributed by atoms with E-state index in [0.717, 1.165) is 31.8 Å². The maximum Gasteiger partial charge on any atom is 0.266 e. The largest absolute Gasteiger partial charge is 0.339 e. The fourth-order valence-corrected chi connectivity index (χ4v) is 6.18. The summed E-state index contributed by atoms with van der Waals surface area (Å²) in [5, 5.41) is 8.00. The van der Waals surface area contributed by atoms with Crippen molar-refractivity contribution in [3.8, 4) is 0 Å². The minimum absolute atomic E-state index is 0.0383. The second kappa shape index (κ2) is 11.9. The summed E-state index contributed by atoms with van der Waals surface area (Å²) in [5.41, 5.74) is -0.0508. The Bertz CT molecular complexity index is 739. The zero-order valence-corrected chi connectivity index (χ0v) is 21.2. The van der Waals surface area contributed by atoms with Crippen LogP contribution in [-0.4, -0.2) is 58.7 Å². The van der Waals surface area contributed by atoms with E-state index in [1.165, 1.54) is 57.8 Å². The summed E-state index contributed by atoms with van der Waals surface area (Å²) in [6.45, 7) is 6.81. The van der Waals surface area contributed by atoms with E-state index in [0.29, 0.717) is 31.0 Å². The predicted molar refractivity (Wildman–Crippen MR) is 132 cm³/mol. The molecule has 0 radical (unpaired) electrons. The van der Waals surface area contributed by atoms with Crippen LogP contribution in [0.25, 0.3) is 0 Å². The molecular formula is C25H42ClN5O2. The molecule has 0 bridgehead atoms. The molecule has 2 aliphatic heterocycles. The lowest BCUT2D eigenvalue weighted by molar-refractivity contribution is -0.134. The highest BCUT2D eigenvalue weighted by Gasteiger charge is 2.36. The zero-order chi connectivity index (χ0) is 23.2. The van der Waals surface area contributed by atoms with Crippen molar-refractivity contribution in [3.05, 3.63) is 5.89 Å². The number of nitrogens with one attached hydrogen (secondary N) is 1. The highest BCUT2D eigenvalue weighted by atomic mass is 35.5. The van der Waals surface area contributed by atoms with Crippen LogP contribution in [0.5, 0.6) is 0 Å². The summed E-state index contributed by atoms with van der Waals surface area (Å²) in [6, 6.07) is 0.423. The Morgan fingerprint density at radius 3 is 2.27 bits per heavy atom. The summed E-state index contributed by atoms with van der Waals surface area (Å²) in [6.07, 6.45) is 14.0. The van der Waals surface area contributed by atoms with Gasteiger partial charge in [-0.15, -0.1) is 11.6 Å². The van der Waals surface area contributed by atoms with Crippen LogP contribution in [0, 0.1) is 11.8 Å². The van der Waals surface area contributed by atoms with Gasteiger partial charge in [0.25, 0.3) is 5.95 Å². The van der Waals surface area contributed by atoms with Crippen LogP contribution >= 0.6 is 11.6 Å². The SMILES string of the molecule is CC(C)C(=O)N1CCN(c2noc(C3CC(Cl)NC(C4CCCCCCCCC4)C3)n2)CC1. The minimum atomic E-state index is -0.0508. The molecule has 8 heteroatoms. The van der Waals surface area contributed by atoms with Crippen molar-refractivity contribution in [3.63, 3.8) is 0 Å². The van der Waals surface area contributed by atoms with Crippen molar-refractivity contribution >= 4 is 23.5 Å². The van der Waals surface area contributed by atoms with Crippen LogP contribution in [0.2, 0.25) is 0 Å². The van der Waals surface area contributed by atoms with Crippen LogP contribution in [-0.2, 0) is 4.79 Å². The molecule has 1 amide bonds. The molecule has 3 unspecified atom stereocenters. The Morgan fingerprint density at radius 2 is 1.64 bits per heavy atom. The summed E-state index contributed by atoms with van der Waals surface area (Å²) >= 11 is 6.68. The first-order valence-electron chi connectivity index (χ1n) is 13.3. The quantitative estimate of drug-likeness (QED) is 0.488. The summed E-state index contributed by atoms with van der Waals surface area (Å²) < 4.78 is 5.77. The van der Waals surface area contributed by atoms with E-state index in [2.05, 4.69) is 15.4 Å². The smallest absolute Gasteiger partial charge is 0.266 e. The Morgan fingerprint density at radius 1 is 1.00 bits per heavy atom. The van der Waals surface area contributed by atoms with Crippen molar-refractivity contribution in [2.24, 2.45) is 11.8 Å². The van der Waals surface area contributed by atoms with Crippen LogP contribution in [0.3, 0.4) is 0 Å². The molecule has 3 fully saturated rings. The van der Waals surface area contributed by atoms with E-state index in [1.54, 1.807) is 0 Å². The number of nitrogens with zero attached hydrogens (tertiary/aromatic N) is 4. The van der Waals surface area contributed by atoms with E-state index >= 15 is 0 Å². The van der Waals surface area contributed by atoms with E-state index in [4.69, 9.17) is 21.1 Å². The van der Waals surface area contributed by atoms with E-state index < -0.39 is 0 Å². The Labute approximate surface area is 204 Å². The van der Waals surface area contributed by atoms with Crippen molar-refractivity contribution in [1.29, 1.82) is 0 Å². The molecule has 4 rings (SSSR count). The number of halogens is 1. The van der Waals surface area contributed by atoms with Crippen molar-refractivity contribution in [2.45, 2.75) is 102 Å². The minimum Gasteiger partial charge on any atom is -0.339 e. The first-order chi connectivity index (χ1) is 16.0. The zero-order valence-electron chi connectivity index (χ0n) is 20.5. The van der Waals surface area contributed by atoms with Gasteiger partial charge in [-0.1, -0.05) is 58.8 Å². The molecule has 3 aliphatic rings. The first kappa shape index (κ1) is 24.8. The third kappa shape index (κ3) is 6.62. The molecule has 1 aromatic heterocycles. The van der Waals surface area contributed by atoms with Gasteiger partial charge >= 0.3 is 0 Å². The number of anilines is 1. The predicted octanol–water partition coefficient (Wildman–Crippen LogP) is 4.92. The van der Waals surface area contributed by atoms with Gasteiger partial charge in [0.05, 0.1) is 5.50 Å². The summed E-state index contributed by atoms with van der Waals surface area (Å²) in [5.74, 6) is 2.53. The highest BCUT2D eigenvalue weighted by molar-refractivity contribution is 6.20. The van der Waals surface area contributed by atoms with Gasteiger partial charge in [0.15, 0.2) is 0 Å². The van der Waals surface area contributed by atoms with Gasteiger partial charge in [-0.05, 0) is 36.8 Å². The molecule has 0 aromatic carbocycles. The number of carbonyl (C=O) groups is 1. The summed E-state index contributed by atoms with van der Waals surface area (Å²) in [7, 11) is 0. The lowest BCUT2D eigenvalue weighted by Crippen LogP contribution is -2.50. The molecule has 33 heavy (non-hydrogen) atoms. The van der Waals surface area contributed by atoms with Gasteiger partial charge in [-0.3, -0.25) is 10.1 Å². The van der Waals surface area contributed by atoms with Crippen LogP contribution < -0.4 is 10.2 Å². The fraction of sp³-hybridized carbons (Fsp3) is 0.880. The van der Waals surface area contributed by atoms with E-state index in [1.807, 2.05) is 18.7 Å². The molecule has 186 valence electrons. The van der Waals surface area contributed by atoms with Gasteiger partial charge in [0.1, 0.15) is 0 Å². The second-order valence-electron chi connectivity index (χ2n) is 10.6. The van der Waals surface area contributed by atoms with Gasteiger partial charge in [-0.25, -0.2) is 0 Å². The van der Waals surface area contributed by atoms with Crippen LogP contribution in [0.4, 0.5) is 5.95 Å². The lowest BCUT2D eigenvalue weighted by Gasteiger charge is -2.37. The monoisotopic (exact) mass is 479 g/mol. The molecule has 1 N–H and O–H groups in total. The maximum atomic E-state index is 12.3. The average molecular weight is 480 g/mol. The number of carbonyl (C=O) groups excluding carboxylic acids is 1. The normalized spacial score (nSPS) is 28.8. The molecule has 7 nitrogen and oxygen atoms in total. The Hall–Kier alpha value is -1.34. The Balaban J connectivity index is 1.35. The summed E-state index contributed by atoms with van der Waals surface area (Å²) in [4.78, 5) is 21.1. The first-order valence-corrected chi connectivity index (χ1v) is 13.7. The Kier molecular flexibility index (Phi) is 8.91. The fourth-order valence-electron chi connectivity index (χ4n) is 5.81. The standard InChI is InChI=1S/C25H42ClN5O2/c1-18(2)24(32)30-12-14-31(15-13-30)25-28-23(33-29-25)20-16-21(27-22(26)17-20)19-10-8-6-4-3-5-7-9-11-19/h18-22,27H,3-17H2,1-2H3. The number of hydrogen-bond acceptors (Lipinski definition) is 6. The third-order valence-electron chi connectivity index (χ3n) is 7.79. The lowest BCUT2D eigenvalue weighted by atomic mass is 9.80. The second-order valence-corrected chi connectivity index (χ2v) is 11.1. The molecule has 3 atom stereocenters.